The van der Waals surface area contributed by atoms with Gasteiger partial charge in [0.05, 0.1) is 13.0 Å². The summed E-state index contributed by atoms with van der Waals surface area (Å²) in [6, 6.07) is -0.843. The van der Waals surface area contributed by atoms with Crippen molar-refractivity contribution in [2.45, 2.75) is 155 Å². The first-order chi connectivity index (χ1) is 16.1. The largest absolute Gasteiger partial charge is 0.480 e. The third kappa shape index (κ3) is 23.8. The van der Waals surface area contributed by atoms with Crippen LogP contribution in [0.15, 0.2) is 0 Å². The van der Waals surface area contributed by atoms with Gasteiger partial charge in [-0.2, -0.15) is 0 Å². The maximum atomic E-state index is 11.9. The van der Waals surface area contributed by atoms with Crippen LogP contribution in [0.2, 0.25) is 0 Å². The maximum absolute atomic E-state index is 11.9. The topological polar surface area (TPSA) is 75.6 Å². The Hall–Kier alpha value is -1.10. The molecule has 196 valence electrons. The van der Waals surface area contributed by atoms with Crippen LogP contribution in [0.5, 0.6) is 0 Å². The first-order valence-electron chi connectivity index (χ1n) is 14.2. The fraction of sp³-hybridized carbons (Fsp3) is 0.929. The smallest absolute Gasteiger partial charge is 0.321 e. The zero-order valence-electron chi connectivity index (χ0n) is 22.0. The Balaban J connectivity index is 3.54. The van der Waals surface area contributed by atoms with Crippen molar-refractivity contribution in [3.63, 3.8) is 0 Å². The number of carbonyl (C=O) groups is 2. The van der Waals surface area contributed by atoms with Crippen molar-refractivity contribution in [2.75, 3.05) is 13.2 Å². The van der Waals surface area contributed by atoms with E-state index in [1.165, 1.54) is 103 Å². The van der Waals surface area contributed by atoms with Crippen LogP contribution < -0.4 is 5.32 Å². The molecule has 0 aromatic heterocycles. The van der Waals surface area contributed by atoms with E-state index in [9.17, 15) is 14.7 Å². The molecule has 0 aliphatic heterocycles. The number of aliphatic carboxylic acids is 1. The second-order valence-corrected chi connectivity index (χ2v) is 9.63. The first-order valence-corrected chi connectivity index (χ1v) is 14.2. The van der Waals surface area contributed by atoms with Gasteiger partial charge in [0.2, 0.25) is 0 Å². The number of carbonyl (C=O) groups excluding carboxylic acids is 1. The van der Waals surface area contributed by atoms with E-state index in [0.717, 1.165) is 25.7 Å². The zero-order valence-corrected chi connectivity index (χ0v) is 22.0. The molecule has 0 saturated heterocycles. The van der Waals surface area contributed by atoms with Crippen LogP contribution in [0.3, 0.4) is 0 Å². The third-order valence-corrected chi connectivity index (χ3v) is 6.35. The lowest BCUT2D eigenvalue weighted by molar-refractivity contribution is -0.149. The molecule has 0 aromatic rings. The summed E-state index contributed by atoms with van der Waals surface area (Å²) in [4.78, 5) is 23.3. The summed E-state index contributed by atoms with van der Waals surface area (Å²) in [7, 11) is 0. The minimum atomic E-state index is -0.975. The lowest BCUT2D eigenvalue weighted by Gasteiger charge is -2.14. The summed E-state index contributed by atoms with van der Waals surface area (Å²) in [6.07, 6.45) is 25.0. The highest BCUT2D eigenvalue weighted by atomic mass is 16.5. The minimum absolute atomic E-state index is 0.0935. The molecule has 0 aliphatic rings. The van der Waals surface area contributed by atoms with Crippen molar-refractivity contribution in [3.05, 3.63) is 0 Å². The van der Waals surface area contributed by atoms with Crippen LogP contribution in [0.1, 0.15) is 149 Å². The zero-order chi connectivity index (χ0) is 24.4. The normalized spacial score (nSPS) is 12.1. The molecule has 1 atom stereocenters. The van der Waals surface area contributed by atoms with E-state index >= 15 is 0 Å². The Morgan fingerprint density at radius 3 is 1.45 bits per heavy atom. The summed E-state index contributed by atoms with van der Waals surface area (Å²) < 4.78 is 5.22. The highest BCUT2D eigenvalue weighted by molar-refractivity contribution is 5.81. The quantitative estimate of drug-likeness (QED) is 0.0998. The fourth-order valence-corrected chi connectivity index (χ4v) is 4.14. The standard InChI is InChI=1S/C28H55NO4/c1-3-5-7-9-11-12-13-14-15-16-17-18-19-21-23-29-26(28(31)32)25-27(30)33-24-22-20-10-8-6-4-2/h26,29H,3-25H2,1-2H3,(H,31,32). The lowest BCUT2D eigenvalue weighted by Crippen LogP contribution is -2.39. The van der Waals surface area contributed by atoms with Crippen molar-refractivity contribution in [3.8, 4) is 0 Å². The molecule has 0 bridgehead atoms. The van der Waals surface area contributed by atoms with Crippen LogP contribution in [-0.4, -0.2) is 36.2 Å². The number of nitrogens with one attached hydrogen (secondary N) is 1. The Morgan fingerprint density at radius 1 is 0.636 bits per heavy atom. The van der Waals surface area contributed by atoms with Crippen molar-refractivity contribution in [1.82, 2.24) is 5.32 Å². The maximum Gasteiger partial charge on any atom is 0.321 e. The van der Waals surface area contributed by atoms with E-state index in [4.69, 9.17) is 4.74 Å². The highest BCUT2D eigenvalue weighted by Crippen LogP contribution is 2.13. The molecule has 0 amide bonds. The van der Waals surface area contributed by atoms with E-state index in [0.29, 0.717) is 13.2 Å². The van der Waals surface area contributed by atoms with Crippen molar-refractivity contribution >= 4 is 11.9 Å². The van der Waals surface area contributed by atoms with Gasteiger partial charge in [0, 0.05) is 0 Å². The second kappa shape index (κ2) is 25.5. The Labute approximate surface area is 204 Å². The van der Waals surface area contributed by atoms with Crippen LogP contribution >= 0.6 is 0 Å². The van der Waals surface area contributed by atoms with Crippen molar-refractivity contribution in [1.29, 1.82) is 0 Å². The van der Waals surface area contributed by atoms with Gasteiger partial charge >= 0.3 is 11.9 Å². The number of esters is 1. The van der Waals surface area contributed by atoms with Gasteiger partial charge in [-0.1, -0.05) is 129 Å². The number of carboxylic acid groups (broad SMARTS) is 1. The van der Waals surface area contributed by atoms with Gasteiger partial charge in [-0.05, 0) is 19.4 Å². The SMILES string of the molecule is CCCCCCCCCCCCCCCCNC(CC(=O)OCCCCCCCC)C(=O)O. The molecule has 0 radical (unpaired) electrons. The van der Waals surface area contributed by atoms with E-state index in [2.05, 4.69) is 19.2 Å². The first kappa shape index (κ1) is 31.9. The predicted octanol–water partition coefficient (Wildman–Crippen LogP) is 7.80. The minimum Gasteiger partial charge on any atom is -0.480 e. The monoisotopic (exact) mass is 469 g/mol. The predicted molar refractivity (Wildman–Crippen MR) is 139 cm³/mol. The molecule has 0 spiro atoms. The van der Waals surface area contributed by atoms with E-state index in [1.807, 2.05) is 0 Å². The number of rotatable bonds is 26. The molecule has 0 saturated carbocycles. The van der Waals surface area contributed by atoms with Gasteiger partial charge in [0.25, 0.3) is 0 Å². The van der Waals surface area contributed by atoms with Crippen LogP contribution in [0, 0.1) is 0 Å². The summed E-state index contributed by atoms with van der Waals surface area (Å²) in [6.45, 7) is 5.49. The Morgan fingerprint density at radius 2 is 1.03 bits per heavy atom. The Bertz CT molecular complexity index is 442. The molecular formula is C28H55NO4. The fourth-order valence-electron chi connectivity index (χ4n) is 4.14. The third-order valence-electron chi connectivity index (χ3n) is 6.35. The molecule has 0 heterocycles. The average Bonchev–Trinajstić information content (AvgIpc) is 2.80. The second-order valence-electron chi connectivity index (χ2n) is 9.63. The number of carboxylic acids is 1. The summed E-state index contributed by atoms with van der Waals surface area (Å²) >= 11 is 0. The summed E-state index contributed by atoms with van der Waals surface area (Å²) in [5.74, 6) is -1.39. The molecule has 5 nitrogen and oxygen atoms in total. The number of hydrogen-bond acceptors (Lipinski definition) is 4. The van der Waals surface area contributed by atoms with E-state index in [1.54, 1.807) is 0 Å². The molecule has 2 N–H and O–H groups in total. The molecule has 0 fully saturated rings. The molecular weight excluding hydrogens is 414 g/mol. The van der Waals surface area contributed by atoms with Gasteiger partial charge in [0.1, 0.15) is 6.04 Å². The van der Waals surface area contributed by atoms with E-state index < -0.39 is 18.0 Å². The molecule has 33 heavy (non-hydrogen) atoms. The number of unbranched alkanes of at least 4 members (excludes halogenated alkanes) is 18. The van der Waals surface area contributed by atoms with Crippen LogP contribution in [0.4, 0.5) is 0 Å². The molecule has 5 heteroatoms. The van der Waals surface area contributed by atoms with Gasteiger partial charge < -0.3 is 15.2 Å². The molecule has 0 aromatic carbocycles. The van der Waals surface area contributed by atoms with Crippen LogP contribution in [0.25, 0.3) is 0 Å². The van der Waals surface area contributed by atoms with Gasteiger partial charge in [-0.25, -0.2) is 0 Å². The van der Waals surface area contributed by atoms with Gasteiger partial charge in [0.15, 0.2) is 0 Å². The number of hydrogen-bond donors (Lipinski definition) is 2. The summed E-state index contributed by atoms with van der Waals surface area (Å²) in [5, 5.41) is 12.4. The molecule has 1 unspecified atom stereocenters. The van der Waals surface area contributed by atoms with Crippen LogP contribution in [-0.2, 0) is 14.3 Å². The van der Waals surface area contributed by atoms with E-state index in [-0.39, 0.29) is 6.42 Å². The average molecular weight is 470 g/mol. The number of ether oxygens (including phenoxy) is 1. The molecule has 0 aliphatic carbocycles. The lowest BCUT2D eigenvalue weighted by atomic mass is 10.0. The van der Waals surface area contributed by atoms with Gasteiger partial charge in [-0.3, -0.25) is 9.59 Å². The molecule has 0 rings (SSSR count). The highest BCUT2D eigenvalue weighted by Gasteiger charge is 2.21. The van der Waals surface area contributed by atoms with Crippen molar-refractivity contribution in [2.24, 2.45) is 0 Å². The Kier molecular flexibility index (Phi) is 24.7. The van der Waals surface area contributed by atoms with Crippen molar-refractivity contribution < 1.29 is 19.4 Å². The van der Waals surface area contributed by atoms with Gasteiger partial charge in [-0.15, -0.1) is 0 Å². The summed E-state index contributed by atoms with van der Waals surface area (Å²) in [5.41, 5.74) is 0.